The van der Waals surface area contributed by atoms with E-state index < -0.39 is 5.97 Å². The van der Waals surface area contributed by atoms with Crippen molar-refractivity contribution in [2.75, 3.05) is 0 Å². The molecule has 1 unspecified atom stereocenters. The fraction of sp³-hybridized carbons (Fsp3) is 0.391. The Morgan fingerprint density at radius 1 is 0.893 bits per heavy atom. The molecule has 3 N–H and O–H groups in total. The monoisotopic (exact) mass is 380 g/mol. The summed E-state index contributed by atoms with van der Waals surface area (Å²) in [6, 6.07) is 20.1. The van der Waals surface area contributed by atoms with Crippen molar-refractivity contribution in [1.82, 2.24) is 10.6 Å². The van der Waals surface area contributed by atoms with Crippen LogP contribution in [0.25, 0.3) is 0 Å². The highest BCUT2D eigenvalue weighted by atomic mass is 16.4. The molecule has 5 heteroatoms. The molecule has 1 atom stereocenters. The molecule has 1 fully saturated rings. The van der Waals surface area contributed by atoms with Crippen LogP contribution in [-0.4, -0.2) is 29.2 Å². The fourth-order valence-electron chi connectivity index (χ4n) is 4.09. The summed E-state index contributed by atoms with van der Waals surface area (Å²) in [5.74, 6) is -0.957. The number of carbonyl (C=O) groups excluding carboxylic acids is 1. The summed E-state index contributed by atoms with van der Waals surface area (Å²) in [6.07, 6.45) is 2.65. The Morgan fingerprint density at radius 2 is 1.39 bits per heavy atom. The molecule has 0 aromatic heterocycles. The lowest BCUT2D eigenvalue weighted by Crippen LogP contribution is -2.48. The van der Waals surface area contributed by atoms with Crippen LogP contribution in [-0.2, 0) is 4.79 Å². The standard InChI is InChI=1S/C23H28N2O3/c1-16(24-23(28)25-20-14-12-19(13-15-20)22(26)27)21(17-8-4-2-5-9-17)18-10-6-3-7-11-18/h2-11,16,19-21H,12-15H2,1H3,(H,26,27)(H2,24,25,28). The van der Waals surface area contributed by atoms with E-state index in [1.54, 1.807) is 0 Å². The first-order valence-corrected chi connectivity index (χ1v) is 9.94. The zero-order valence-electron chi connectivity index (χ0n) is 16.2. The van der Waals surface area contributed by atoms with Crippen molar-refractivity contribution in [2.45, 2.75) is 50.6 Å². The number of urea groups is 1. The van der Waals surface area contributed by atoms with Crippen molar-refractivity contribution in [1.29, 1.82) is 0 Å². The minimum atomic E-state index is -0.731. The van der Waals surface area contributed by atoms with E-state index in [9.17, 15) is 9.59 Å². The molecule has 0 saturated heterocycles. The predicted molar refractivity (Wildman–Crippen MR) is 109 cm³/mol. The van der Waals surface area contributed by atoms with Crippen LogP contribution in [0.3, 0.4) is 0 Å². The molecular formula is C23H28N2O3. The molecule has 0 heterocycles. The summed E-state index contributed by atoms with van der Waals surface area (Å²) in [5, 5.41) is 15.2. The Labute approximate surface area is 166 Å². The van der Waals surface area contributed by atoms with Gasteiger partial charge < -0.3 is 15.7 Å². The highest BCUT2D eigenvalue weighted by Crippen LogP contribution is 2.28. The lowest BCUT2D eigenvalue weighted by atomic mass is 9.85. The van der Waals surface area contributed by atoms with Crippen LogP contribution < -0.4 is 10.6 Å². The highest BCUT2D eigenvalue weighted by molar-refractivity contribution is 5.75. The van der Waals surface area contributed by atoms with Crippen LogP contribution in [0, 0.1) is 5.92 Å². The second-order valence-corrected chi connectivity index (χ2v) is 7.59. The largest absolute Gasteiger partial charge is 0.481 e. The Morgan fingerprint density at radius 3 is 1.86 bits per heavy atom. The molecule has 1 aliphatic carbocycles. The second-order valence-electron chi connectivity index (χ2n) is 7.59. The normalized spacial score (nSPS) is 20.4. The quantitative estimate of drug-likeness (QED) is 0.704. The number of carbonyl (C=O) groups is 2. The maximum atomic E-state index is 12.6. The van der Waals surface area contributed by atoms with E-state index in [1.807, 2.05) is 43.3 Å². The maximum absolute atomic E-state index is 12.6. The second kappa shape index (κ2) is 9.40. The number of hydrogen-bond donors (Lipinski definition) is 3. The third kappa shape index (κ3) is 5.12. The van der Waals surface area contributed by atoms with Crippen LogP contribution in [0.15, 0.2) is 60.7 Å². The molecule has 28 heavy (non-hydrogen) atoms. The SMILES string of the molecule is CC(NC(=O)NC1CCC(C(=O)O)CC1)C(c1ccccc1)c1ccccc1. The van der Waals surface area contributed by atoms with E-state index in [1.165, 1.54) is 0 Å². The number of nitrogens with one attached hydrogen (secondary N) is 2. The number of benzene rings is 2. The van der Waals surface area contributed by atoms with Gasteiger partial charge in [0.05, 0.1) is 5.92 Å². The fourth-order valence-corrected chi connectivity index (χ4v) is 4.09. The van der Waals surface area contributed by atoms with E-state index in [2.05, 4.69) is 34.9 Å². The van der Waals surface area contributed by atoms with E-state index in [-0.39, 0.29) is 30.0 Å². The van der Waals surface area contributed by atoms with E-state index in [4.69, 9.17) is 5.11 Å². The number of amides is 2. The molecule has 1 aliphatic rings. The van der Waals surface area contributed by atoms with E-state index in [0.29, 0.717) is 25.7 Å². The Balaban J connectivity index is 1.63. The van der Waals surface area contributed by atoms with Gasteiger partial charge in [-0.3, -0.25) is 4.79 Å². The molecule has 0 aliphatic heterocycles. The van der Waals surface area contributed by atoms with Crippen LogP contribution in [0.1, 0.15) is 49.7 Å². The van der Waals surface area contributed by atoms with Gasteiger partial charge >= 0.3 is 12.0 Å². The third-order valence-electron chi connectivity index (χ3n) is 5.59. The topological polar surface area (TPSA) is 78.4 Å². The number of hydrogen-bond acceptors (Lipinski definition) is 2. The number of rotatable bonds is 6. The predicted octanol–water partition coefficient (Wildman–Crippen LogP) is 4.15. The Hall–Kier alpha value is -2.82. The summed E-state index contributed by atoms with van der Waals surface area (Å²) in [7, 11) is 0. The molecule has 2 amide bonds. The molecule has 0 radical (unpaired) electrons. The van der Waals surface area contributed by atoms with Crippen LogP contribution in [0.4, 0.5) is 4.79 Å². The van der Waals surface area contributed by atoms with Gasteiger partial charge in [0.1, 0.15) is 0 Å². The molecule has 5 nitrogen and oxygen atoms in total. The minimum absolute atomic E-state index is 0.0368. The van der Waals surface area contributed by atoms with Crippen molar-refractivity contribution in [2.24, 2.45) is 5.92 Å². The Kier molecular flexibility index (Phi) is 6.69. The van der Waals surface area contributed by atoms with Gasteiger partial charge in [-0.15, -0.1) is 0 Å². The summed E-state index contributed by atoms with van der Waals surface area (Å²) in [5.41, 5.74) is 2.31. The molecular weight excluding hydrogens is 352 g/mol. The molecule has 2 aromatic rings. The lowest BCUT2D eigenvalue weighted by Gasteiger charge is -2.29. The van der Waals surface area contributed by atoms with Gasteiger partial charge in [-0.25, -0.2) is 4.79 Å². The van der Waals surface area contributed by atoms with Crippen molar-refractivity contribution < 1.29 is 14.7 Å². The maximum Gasteiger partial charge on any atom is 0.315 e. The first kappa shape index (κ1) is 19.9. The lowest BCUT2D eigenvalue weighted by molar-refractivity contribution is -0.142. The zero-order chi connectivity index (χ0) is 19.9. The van der Waals surface area contributed by atoms with E-state index in [0.717, 1.165) is 11.1 Å². The van der Waals surface area contributed by atoms with Gasteiger partial charge in [0.2, 0.25) is 0 Å². The molecule has 148 valence electrons. The van der Waals surface area contributed by atoms with Gasteiger partial charge in [-0.2, -0.15) is 0 Å². The number of carboxylic acids is 1. The Bertz CT molecular complexity index is 731. The summed E-state index contributed by atoms with van der Waals surface area (Å²) < 4.78 is 0. The van der Waals surface area contributed by atoms with Crippen molar-refractivity contribution in [3.8, 4) is 0 Å². The first-order chi connectivity index (χ1) is 13.5. The summed E-state index contributed by atoms with van der Waals surface area (Å²) in [4.78, 5) is 23.6. The first-order valence-electron chi connectivity index (χ1n) is 9.94. The third-order valence-corrected chi connectivity index (χ3v) is 5.59. The van der Waals surface area contributed by atoms with Crippen molar-refractivity contribution in [3.63, 3.8) is 0 Å². The van der Waals surface area contributed by atoms with Crippen LogP contribution >= 0.6 is 0 Å². The minimum Gasteiger partial charge on any atom is -0.481 e. The van der Waals surface area contributed by atoms with Gasteiger partial charge in [-0.1, -0.05) is 60.7 Å². The highest BCUT2D eigenvalue weighted by Gasteiger charge is 2.28. The van der Waals surface area contributed by atoms with Crippen LogP contribution in [0.5, 0.6) is 0 Å². The number of aliphatic carboxylic acids is 1. The van der Waals surface area contributed by atoms with E-state index >= 15 is 0 Å². The molecule has 0 spiro atoms. The van der Waals surface area contributed by atoms with Gasteiger partial charge in [-0.05, 0) is 43.7 Å². The molecule has 1 saturated carbocycles. The summed E-state index contributed by atoms with van der Waals surface area (Å²) in [6.45, 7) is 2.02. The van der Waals surface area contributed by atoms with Gasteiger partial charge in [0.25, 0.3) is 0 Å². The average molecular weight is 380 g/mol. The number of carboxylic acid groups (broad SMARTS) is 1. The summed E-state index contributed by atoms with van der Waals surface area (Å²) >= 11 is 0. The smallest absolute Gasteiger partial charge is 0.315 e. The van der Waals surface area contributed by atoms with Gasteiger partial charge in [0.15, 0.2) is 0 Å². The van der Waals surface area contributed by atoms with Crippen LogP contribution in [0.2, 0.25) is 0 Å². The molecule has 0 bridgehead atoms. The molecule has 3 rings (SSSR count). The zero-order valence-corrected chi connectivity index (χ0v) is 16.2. The molecule has 2 aromatic carbocycles. The van der Waals surface area contributed by atoms with Crippen molar-refractivity contribution in [3.05, 3.63) is 71.8 Å². The average Bonchev–Trinajstić information content (AvgIpc) is 2.70. The van der Waals surface area contributed by atoms with Gasteiger partial charge in [0, 0.05) is 18.0 Å². The van der Waals surface area contributed by atoms with Crippen molar-refractivity contribution >= 4 is 12.0 Å².